The van der Waals surface area contributed by atoms with Crippen LogP contribution in [0.25, 0.3) is 0 Å². The van der Waals surface area contributed by atoms with Crippen molar-refractivity contribution in [2.24, 2.45) is 0 Å². The van der Waals surface area contributed by atoms with E-state index in [9.17, 15) is 5.26 Å². The molecule has 144 valence electrons. The van der Waals surface area contributed by atoms with E-state index in [2.05, 4.69) is 36.9 Å². The van der Waals surface area contributed by atoms with E-state index in [4.69, 9.17) is 4.74 Å². The van der Waals surface area contributed by atoms with Gasteiger partial charge in [0.1, 0.15) is 30.1 Å². The number of nitrogens with one attached hydrogen (secondary N) is 3. The molecule has 0 amide bonds. The summed E-state index contributed by atoms with van der Waals surface area (Å²) in [5, 5.41) is 23.0. The summed E-state index contributed by atoms with van der Waals surface area (Å²) in [7, 11) is 0. The highest BCUT2D eigenvalue weighted by atomic mass is 16.5. The highest BCUT2D eigenvalue weighted by molar-refractivity contribution is 5.63. The molecule has 0 spiro atoms. The zero-order chi connectivity index (χ0) is 20.1. The predicted molar refractivity (Wildman–Crippen MR) is 108 cm³/mol. The summed E-state index contributed by atoms with van der Waals surface area (Å²) in [6, 6.07) is 9.65. The van der Waals surface area contributed by atoms with Gasteiger partial charge in [-0.1, -0.05) is 0 Å². The highest BCUT2D eigenvalue weighted by Crippen LogP contribution is 2.23. The summed E-state index contributed by atoms with van der Waals surface area (Å²) in [6.07, 6.45) is 1.70. The average molecular weight is 377 g/mol. The topological polar surface area (TPSA) is 112 Å². The van der Waals surface area contributed by atoms with Crippen LogP contribution in [0.1, 0.15) is 29.4 Å². The first-order valence-electron chi connectivity index (χ1n) is 8.97. The number of anilines is 3. The van der Waals surface area contributed by atoms with Crippen molar-refractivity contribution in [3.05, 3.63) is 53.0 Å². The van der Waals surface area contributed by atoms with Crippen LogP contribution in [-0.2, 0) is 0 Å². The Balaban J connectivity index is 1.71. The first-order chi connectivity index (χ1) is 13.4. The lowest BCUT2D eigenvalue weighted by atomic mass is 10.1. The maximum Gasteiger partial charge on any atom is 0.153 e. The second-order valence-corrected chi connectivity index (χ2v) is 6.71. The fraction of sp³-hybridized carbons (Fsp3) is 0.300. The first-order valence-corrected chi connectivity index (χ1v) is 8.97. The Morgan fingerprint density at radius 3 is 2.68 bits per heavy atom. The fourth-order valence-corrected chi connectivity index (χ4v) is 2.63. The van der Waals surface area contributed by atoms with Gasteiger partial charge in [-0.05, 0) is 51.5 Å². The van der Waals surface area contributed by atoms with E-state index in [-0.39, 0.29) is 6.04 Å². The number of H-pyrrole nitrogens is 1. The molecule has 3 N–H and O–H groups in total. The number of nitrogens with zero attached hydrogens (tertiary/aromatic N) is 4. The number of hydrogen-bond donors (Lipinski definition) is 3. The third-order valence-corrected chi connectivity index (χ3v) is 4.06. The van der Waals surface area contributed by atoms with Crippen molar-refractivity contribution in [1.29, 1.82) is 5.26 Å². The van der Waals surface area contributed by atoms with Gasteiger partial charge in [-0.3, -0.25) is 10.1 Å². The molecule has 8 heteroatoms. The monoisotopic (exact) mass is 377 g/mol. The largest absolute Gasteiger partial charge is 0.490 e. The lowest BCUT2D eigenvalue weighted by molar-refractivity contribution is 0.302. The van der Waals surface area contributed by atoms with Crippen LogP contribution < -0.4 is 15.4 Å². The molecule has 0 bridgehead atoms. The van der Waals surface area contributed by atoms with Gasteiger partial charge in [-0.2, -0.15) is 10.4 Å². The number of rotatable bonds is 7. The van der Waals surface area contributed by atoms with Crippen LogP contribution in [0.3, 0.4) is 0 Å². The van der Waals surface area contributed by atoms with Crippen LogP contribution in [0.15, 0.2) is 30.5 Å². The number of aromatic nitrogens is 4. The van der Waals surface area contributed by atoms with Gasteiger partial charge >= 0.3 is 0 Å². The normalized spacial score (nSPS) is 11.5. The van der Waals surface area contributed by atoms with E-state index < -0.39 is 0 Å². The molecule has 3 rings (SSSR count). The Hall–Kier alpha value is -3.60. The minimum atomic E-state index is -0.0665. The van der Waals surface area contributed by atoms with Gasteiger partial charge in [-0.25, -0.2) is 4.98 Å². The van der Waals surface area contributed by atoms with Gasteiger partial charge in [0.2, 0.25) is 0 Å². The van der Waals surface area contributed by atoms with Crippen LogP contribution in [0.2, 0.25) is 0 Å². The molecule has 0 saturated carbocycles. The minimum Gasteiger partial charge on any atom is -0.490 e. The smallest absolute Gasteiger partial charge is 0.153 e. The summed E-state index contributed by atoms with van der Waals surface area (Å²) in [4.78, 5) is 8.76. The molecule has 3 aromatic heterocycles. The van der Waals surface area contributed by atoms with Gasteiger partial charge < -0.3 is 15.4 Å². The van der Waals surface area contributed by atoms with Crippen molar-refractivity contribution in [3.8, 4) is 11.8 Å². The average Bonchev–Trinajstić information content (AvgIpc) is 3.06. The van der Waals surface area contributed by atoms with Crippen molar-refractivity contribution < 1.29 is 4.74 Å². The Labute approximate surface area is 164 Å². The number of hydrogen-bond acceptors (Lipinski definition) is 7. The first kappa shape index (κ1) is 19.2. The standard InChI is InChI=1S/C20H23N7O/c1-12-7-18(24-19-8-14(3)26-27-19)25-20(17(12)9-21)23-15(4)11-28-16-6-5-13(2)22-10-16/h5-8,10,15H,11H2,1-4H3,(H3,23,24,25,26,27). The Bertz CT molecular complexity index is 989. The summed E-state index contributed by atoms with van der Waals surface area (Å²) in [5.41, 5.74) is 3.22. The SMILES string of the molecule is Cc1ccc(OCC(C)Nc2nc(Nc3cc(C)[nH]n3)cc(C)c2C#N)cn1. The van der Waals surface area contributed by atoms with Crippen LogP contribution in [-0.4, -0.2) is 32.8 Å². The molecule has 0 aliphatic rings. The van der Waals surface area contributed by atoms with E-state index in [1.54, 1.807) is 6.20 Å². The maximum absolute atomic E-state index is 9.52. The molecule has 0 aromatic carbocycles. The Morgan fingerprint density at radius 2 is 2.04 bits per heavy atom. The number of ether oxygens (including phenoxy) is 1. The zero-order valence-electron chi connectivity index (χ0n) is 16.4. The van der Waals surface area contributed by atoms with E-state index in [0.717, 1.165) is 17.0 Å². The molecule has 1 unspecified atom stereocenters. The van der Waals surface area contributed by atoms with Gasteiger partial charge in [0.15, 0.2) is 5.82 Å². The molecule has 0 fully saturated rings. The van der Waals surface area contributed by atoms with Gasteiger partial charge in [0.05, 0.1) is 17.8 Å². The summed E-state index contributed by atoms with van der Waals surface area (Å²) in [5.74, 6) is 2.49. The highest BCUT2D eigenvalue weighted by Gasteiger charge is 2.14. The van der Waals surface area contributed by atoms with E-state index in [0.29, 0.717) is 35.4 Å². The molecule has 3 aromatic rings. The molecule has 1 atom stereocenters. The molecular weight excluding hydrogens is 354 g/mol. The molecule has 0 aliphatic heterocycles. The fourth-order valence-electron chi connectivity index (χ4n) is 2.63. The second-order valence-electron chi connectivity index (χ2n) is 6.71. The van der Waals surface area contributed by atoms with E-state index in [1.807, 2.05) is 52.0 Å². The van der Waals surface area contributed by atoms with Crippen LogP contribution in [0, 0.1) is 32.1 Å². The zero-order valence-corrected chi connectivity index (χ0v) is 16.4. The van der Waals surface area contributed by atoms with Crippen molar-refractivity contribution in [3.63, 3.8) is 0 Å². The summed E-state index contributed by atoms with van der Waals surface area (Å²) in [6.45, 7) is 8.11. The quantitative estimate of drug-likeness (QED) is 0.576. The number of pyridine rings is 2. The third kappa shape index (κ3) is 4.76. The molecule has 8 nitrogen and oxygen atoms in total. The van der Waals surface area contributed by atoms with Crippen molar-refractivity contribution in [2.75, 3.05) is 17.2 Å². The molecule has 28 heavy (non-hydrogen) atoms. The van der Waals surface area contributed by atoms with Gasteiger partial charge in [0.25, 0.3) is 0 Å². The Morgan fingerprint density at radius 1 is 1.21 bits per heavy atom. The summed E-state index contributed by atoms with van der Waals surface area (Å²) >= 11 is 0. The third-order valence-electron chi connectivity index (χ3n) is 4.06. The van der Waals surface area contributed by atoms with Crippen molar-refractivity contribution >= 4 is 17.5 Å². The van der Waals surface area contributed by atoms with Crippen molar-refractivity contribution in [1.82, 2.24) is 20.2 Å². The number of nitriles is 1. The van der Waals surface area contributed by atoms with Gasteiger partial charge in [0, 0.05) is 17.5 Å². The maximum atomic E-state index is 9.52. The van der Waals surface area contributed by atoms with Crippen molar-refractivity contribution in [2.45, 2.75) is 33.7 Å². The molecule has 0 saturated heterocycles. The lowest BCUT2D eigenvalue weighted by Crippen LogP contribution is -2.25. The molecule has 0 radical (unpaired) electrons. The molecular formula is C20H23N7O. The number of aryl methyl sites for hydroxylation is 3. The second kappa shape index (κ2) is 8.39. The van der Waals surface area contributed by atoms with E-state index >= 15 is 0 Å². The van der Waals surface area contributed by atoms with Gasteiger partial charge in [-0.15, -0.1) is 0 Å². The van der Waals surface area contributed by atoms with Crippen LogP contribution in [0.4, 0.5) is 17.5 Å². The summed E-state index contributed by atoms with van der Waals surface area (Å²) < 4.78 is 5.76. The van der Waals surface area contributed by atoms with Crippen LogP contribution in [0.5, 0.6) is 5.75 Å². The number of aromatic amines is 1. The molecule has 3 heterocycles. The lowest BCUT2D eigenvalue weighted by Gasteiger charge is -2.18. The van der Waals surface area contributed by atoms with Crippen LogP contribution >= 0.6 is 0 Å². The minimum absolute atomic E-state index is 0.0665. The van der Waals surface area contributed by atoms with E-state index in [1.165, 1.54) is 0 Å². The Kier molecular flexibility index (Phi) is 5.75. The molecule has 0 aliphatic carbocycles. The predicted octanol–water partition coefficient (Wildman–Crippen LogP) is 3.62.